The fourth-order valence-electron chi connectivity index (χ4n) is 3.19. The molecule has 5 atom stereocenters. The molecule has 0 amide bonds. The normalized spacial score (nSPS) is 25.7. The summed E-state index contributed by atoms with van der Waals surface area (Å²) in [6, 6.07) is 0. The highest BCUT2D eigenvalue weighted by Crippen LogP contribution is 2.34. The van der Waals surface area contributed by atoms with Crippen molar-refractivity contribution < 1.29 is 35.1 Å². The monoisotopic (exact) mass is 424 g/mol. The molecular weight excluding hydrogens is 388 g/mol. The molecule has 170 valence electrons. The summed E-state index contributed by atoms with van der Waals surface area (Å²) in [5.41, 5.74) is -0.487. The van der Waals surface area contributed by atoms with Crippen molar-refractivity contribution in [1.82, 2.24) is 0 Å². The Balaban J connectivity index is 2.53. The number of ether oxygens (including phenoxy) is 1. The van der Waals surface area contributed by atoms with Gasteiger partial charge in [-0.1, -0.05) is 37.3 Å². The van der Waals surface area contributed by atoms with Crippen LogP contribution in [-0.4, -0.2) is 61.0 Å². The first-order valence-electron chi connectivity index (χ1n) is 10.3. The summed E-state index contributed by atoms with van der Waals surface area (Å²) >= 11 is 0. The van der Waals surface area contributed by atoms with Gasteiger partial charge in [-0.15, -0.1) is 0 Å². The molecule has 1 rings (SSSR count). The molecule has 5 N–H and O–H groups in total. The van der Waals surface area contributed by atoms with Gasteiger partial charge in [-0.25, -0.2) is 0 Å². The topological polar surface area (TPSA) is 127 Å². The van der Waals surface area contributed by atoms with E-state index in [9.17, 15) is 30.3 Å². The van der Waals surface area contributed by atoms with Crippen LogP contribution in [0.25, 0.3) is 0 Å². The number of hydrogen-bond donors (Lipinski definition) is 5. The van der Waals surface area contributed by atoms with Gasteiger partial charge in [0.15, 0.2) is 0 Å². The van der Waals surface area contributed by atoms with E-state index in [1.807, 2.05) is 19.1 Å². The number of allylic oxidation sites excluding steroid dienone is 4. The zero-order valence-electron chi connectivity index (χ0n) is 18.5. The quantitative estimate of drug-likeness (QED) is 0.254. The van der Waals surface area contributed by atoms with E-state index in [1.165, 1.54) is 26.8 Å². The van der Waals surface area contributed by atoms with Crippen LogP contribution in [0, 0.1) is 0 Å². The lowest BCUT2D eigenvalue weighted by Gasteiger charge is -2.26. The van der Waals surface area contributed by atoms with Crippen molar-refractivity contribution in [2.45, 2.75) is 90.0 Å². The van der Waals surface area contributed by atoms with Crippen molar-refractivity contribution in [1.29, 1.82) is 0 Å². The second kappa shape index (κ2) is 11.0. The molecule has 0 fully saturated rings. The Morgan fingerprint density at radius 2 is 1.90 bits per heavy atom. The summed E-state index contributed by atoms with van der Waals surface area (Å²) in [6.45, 7) is 8.02. The summed E-state index contributed by atoms with van der Waals surface area (Å²) in [4.78, 5) is 12.1. The third-order valence-corrected chi connectivity index (χ3v) is 5.21. The second-order valence-electron chi connectivity index (χ2n) is 8.06. The van der Waals surface area contributed by atoms with E-state index < -0.39 is 35.5 Å². The molecule has 0 radical (unpaired) electrons. The van der Waals surface area contributed by atoms with Gasteiger partial charge < -0.3 is 30.3 Å². The summed E-state index contributed by atoms with van der Waals surface area (Å²) in [6.07, 6.45) is 7.14. The third-order valence-electron chi connectivity index (χ3n) is 5.21. The smallest absolute Gasteiger partial charge is 0.298 e. The average Bonchev–Trinajstić information content (AvgIpc) is 2.88. The van der Waals surface area contributed by atoms with E-state index in [4.69, 9.17) is 4.74 Å². The predicted octanol–water partition coefficient (Wildman–Crippen LogP) is 2.04. The number of hydrogen-bond acceptors (Lipinski definition) is 7. The van der Waals surface area contributed by atoms with E-state index in [1.54, 1.807) is 19.1 Å². The molecule has 30 heavy (non-hydrogen) atoms. The SMILES string of the molecule is CCC=C(C)C(O)C(C)(O)C=CC=CCCC(O)CC1=C(C)C(=O)C(O)(C(C)O)O1. The van der Waals surface area contributed by atoms with Gasteiger partial charge in [-0.05, 0) is 52.5 Å². The molecule has 0 aliphatic carbocycles. The molecule has 1 aliphatic rings. The standard InChI is InChI=1S/C23H36O7/c1-6-11-15(2)20(26)22(5,28)13-10-8-7-9-12-18(25)14-19-16(3)21(27)23(29,30-19)17(4)24/h7-8,10-11,13,17-18,20,24-26,28-29H,6,9,12,14H2,1-5H3. The minimum absolute atomic E-state index is 0.0558. The number of carbonyl (C=O) groups excluding carboxylic acids is 1. The van der Waals surface area contributed by atoms with Gasteiger partial charge in [0, 0.05) is 12.0 Å². The van der Waals surface area contributed by atoms with Crippen molar-refractivity contribution in [2.24, 2.45) is 0 Å². The van der Waals surface area contributed by atoms with Gasteiger partial charge in [0.25, 0.3) is 5.79 Å². The van der Waals surface area contributed by atoms with Crippen LogP contribution in [0.2, 0.25) is 0 Å². The van der Waals surface area contributed by atoms with Crippen molar-refractivity contribution in [3.05, 3.63) is 47.3 Å². The third kappa shape index (κ3) is 6.62. The minimum atomic E-state index is -2.28. The second-order valence-corrected chi connectivity index (χ2v) is 8.06. The molecule has 0 aromatic rings. The molecule has 0 aromatic heterocycles. The Kier molecular flexibility index (Phi) is 9.65. The van der Waals surface area contributed by atoms with Crippen LogP contribution in [0.4, 0.5) is 0 Å². The number of aliphatic hydroxyl groups is 5. The Morgan fingerprint density at radius 1 is 1.27 bits per heavy atom. The van der Waals surface area contributed by atoms with Gasteiger partial charge in [0.2, 0.25) is 5.78 Å². The fourth-order valence-corrected chi connectivity index (χ4v) is 3.19. The van der Waals surface area contributed by atoms with Crippen LogP contribution in [0.5, 0.6) is 0 Å². The Hall–Kier alpha value is -1.77. The number of aliphatic hydroxyl groups excluding tert-OH is 3. The lowest BCUT2D eigenvalue weighted by Crippen LogP contribution is -2.47. The summed E-state index contributed by atoms with van der Waals surface area (Å²) < 4.78 is 5.24. The zero-order chi connectivity index (χ0) is 23.1. The predicted molar refractivity (Wildman–Crippen MR) is 114 cm³/mol. The van der Waals surface area contributed by atoms with Crippen LogP contribution in [0.15, 0.2) is 47.3 Å². The zero-order valence-corrected chi connectivity index (χ0v) is 18.5. The first-order valence-corrected chi connectivity index (χ1v) is 10.3. The van der Waals surface area contributed by atoms with Gasteiger partial charge in [0.1, 0.15) is 23.6 Å². The lowest BCUT2D eigenvalue weighted by molar-refractivity contribution is -0.213. The van der Waals surface area contributed by atoms with Crippen molar-refractivity contribution in [2.75, 3.05) is 0 Å². The number of ketones is 1. The average molecular weight is 425 g/mol. The van der Waals surface area contributed by atoms with Gasteiger partial charge in [0.05, 0.1) is 6.10 Å². The van der Waals surface area contributed by atoms with Crippen molar-refractivity contribution >= 4 is 5.78 Å². The van der Waals surface area contributed by atoms with Crippen LogP contribution < -0.4 is 0 Å². The molecule has 0 bridgehead atoms. The molecule has 0 spiro atoms. The van der Waals surface area contributed by atoms with Crippen molar-refractivity contribution in [3.8, 4) is 0 Å². The first-order chi connectivity index (χ1) is 13.9. The highest BCUT2D eigenvalue weighted by atomic mass is 16.6. The largest absolute Gasteiger partial charge is 0.456 e. The van der Waals surface area contributed by atoms with Gasteiger partial charge in [-0.2, -0.15) is 0 Å². The van der Waals surface area contributed by atoms with E-state index in [0.717, 1.165) is 6.42 Å². The first kappa shape index (κ1) is 26.3. The Labute approximate surface area is 178 Å². The van der Waals surface area contributed by atoms with Gasteiger partial charge in [-0.3, -0.25) is 4.79 Å². The summed E-state index contributed by atoms with van der Waals surface area (Å²) in [7, 11) is 0. The summed E-state index contributed by atoms with van der Waals surface area (Å²) in [5, 5.41) is 50.5. The molecule has 0 saturated carbocycles. The van der Waals surface area contributed by atoms with Crippen LogP contribution in [-0.2, 0) is 9.53 Å². The van der Waals surface area contributed by atoms with E-state index >= 15 is 0 Å². The Morgan fingerprint density at radius 3 is 2.43 bits per heavy atom. The molecular formula is C23H36O7. The fraction of sp³-hybridized carbons (Fsp3) is 0.609. The maximum Gasteiger partial charge on any atom is 0.298 e. The van der Waals surface area contributed by atoms with Crippen LogP contribution >= 0.6 is 0 Å². The lowest BCUT2D eigenvalue weighted by atomic mass is 9.92. The van der Waals surface area contributed by atoms with Crippen LogP contribution in [0.1, 0.15) is 60.3 Å². The van der Waals surface area contributed by atoms with E-state index in [0.29, 0.717) is 18.4 Å². The molecule has 7 nitrogen and oxygen atoms in total. The summed E-state index contributed by atoms with van der Waals surface area (Å²) in [5.74, 6) is -2.79. The van der Waals surface area contributed by atoms with Crippen molar-refractivity contribution in [3.63, 3.8) is 0 Å². The highest BCUT2D eigenvalue weighted by Gasteiger charge is 2.50. The molecule has 0 aromatic carbocycles. The van der Waals surface area contributed by atoms with Crippen LogP contribution in [0.3, 0.4) is 0 Å². The number of rotatable bonds is 11. The highest BCUT2D eigenvalue weighted by molar-refractivity contribution is 6.03. The Bertz CT molecular complexity index is 715. The molecule has 1 aliphatic heterocycles. The maximum absolute atomic E-state index is 12.1. The van der Waals surface area contributed by atoms with Gasteiger partial charge >= 0.3 is 0 Å². The maximum atomic E-state index is 12.1. The number of carbonyl (C=O) groups is 1. The number of Topliss-reactive ketones (excluding diaryl/α,β-unsaturated/α-hetero) is 1. The minimum Gasteiger partial charge on any atom is -0.456 e. The van der Waals surface area contributed by atoms with E-state index in [-0.39, 0.29) is 17.8 Å². The molecule has 0 saturated heterocycles. The molecule has 1 heterocycles. The molecule has 5 unspecified atom stereocenters. The van der Waals surface area contributed by atoms with E-state index in [2.05, 4.69) is 0 Å². The molecule has 7 heteroatoms.